The summed E-state index contributed by atoms with van der Waals surface area (Å²) in [4.78, 5) is 30.6. The fourth-order valence-electron chi connectivity index (χ4n) is 2.32. The van der Waals surface area contributed by atoms with Crippen molar-refractivity contribution in [2.45, 2.75) is 13.5 Å². The lowest BCUT2D eigenvalue weighted by atomic mass is 10.2. The first-order chi connectivity index (χ1) is 12.2. The van der Waals surface area contributed by atoms with E-state index in [1.54, 1.807) is 17.8 Å². The van der Waals surface area contributed by atoms with E-state index in [0.717, 1.165) is 11.3 Å². The molecule has 3 aromatic rings. The Morgan fingerprint density at radius 3 is 2.96 bits per heavy atom. The monoisotopic (exact) mass is 339 g/mol. The average molecular weight is 339 g/mol. The molecule has 0 bridgehead atoms. The van der Waals surface area contributed by atoms with Gasteiger partial charge in [-0.15, -0.1) is 0 Å². The first-order valence-electron chi connectivity index (χ1n) is 7.76. The molecule has 0 aliphatic carbocycles. The van der Waals surface area contributed by atoms with Gasteiger partial charge in [-0.3, -0.25) is 4.79 Å². The van der Waals surface area contributed by atoms with Crippen molar-refractivity contribution >= 4 is 11.9 Å². The molecule has 1 aromatic carbocycles. The van der Waals surface area contributed by atoms with Crippen molar-refractivity contribution in [1.82, 2.24) is 25.1 Å². The van der Waals surface area contributed by atoms with E-state index in [2.05, 4.69) is 20.4 Å². The Labute approximate surface area is 143 Å². The summed E-state index contributed by atoms with van der Waals surface area (Å²) in [6.45, 7) is 2.21. The zero-order valence-electron chi connectivity index (χ0n) is 13.6. The predicted octanol–water partition coefficient (Wildman–Crippen LogP) is 1.70. The number of aromatic amines is 1. The van der Waals surface area contributed by atoms with Gasteiger partial charge in [0.2, 0.25) is 0 Å². The maximum absolute atomic E-state index is 12.3. The van der Waals surface area contributed by atoms with Crippen molar-refractivity contribution in [2.75, 3.05) is 6.61 Å². The minimum Gasteiger partial charge on any atom is -0.461 e. The van der Waals surface area contributed by atoms with Crippen LogP contribution in [0.15, 0.2) is 49.1 Å². The Morgan fingerprint density at radius 2 is 2.20 bits per heavy atom. The molecule has 0 atom stereocenters. The van der Waals surface area contributed by atoms with E-state index in [9.17, 15) is 9.59 Å². The quantitative estimate of drug-likeness (QED) is 0.666. The number of imidazole rings is 1. The number of carbonyl (C=O) groups excluding carboxylic acids is 2. The molecule has 2 heterocycles. The third kappa shape index (κ3) is 3.74. The third-order valence-corrected chi connectivity index (χ3v) is 3.47. The summed E-state index contributed by atoms with van der Waals surface area (Å²) in [7, 11) is 0. The number of ether oxygens (including phenoxy) is 1. The molecule has 0 fully saturated rings. The van der Waals surface area contributed by atoms with E-state index >= 15 is 0 Å². The van der Waals surface area contributed by atoms with Gasteiger partial charge in [0, 0.05) is 18.9 Å². The molecule has 0 aliphatic heterocycles. The number of aromatic nitrogens is 4. The molecule has 2 aromatic heterocycles. The highest BCUT2D eigenvalue weighted by Gasteiger charge is 2.21. The fourth-order valence-corrected chi connectivity index (χ4v) is 2.32. The third-order valence-electron chi connectivity index (χ3n) is 3.47. The van der Waals surface area contributed by atoms with Gasteiger partial charge >= 0.3 is 5.97 Å². The van der Waals surface area contributed by atoms with Gasteiger partial charge in [0.25, 0.3) is 5.91 Å². The number of hydrogen-bond acceptors (Lipinski definition) is 5. The summed E-state index contributed by atoms with van der Waals surface area (Å²) in [5.41, 5.74) is 1.85. The van der Waals surface area contributed by atoms with Crippen LogP contribution in [0.4, 0.5) is 0 Å². The SMILES string of the molecule is CCOC(=O)c1[nH]cnc1C(=O)NCc1cccc(-n2cccn2)c1. The Bertz CT molecular complexity index is 870. The molecule has 0 saturated heterocycles. The first kappa shape index (κ1) is 16.4. The number of amides is 1. The summed E-state index contributed by atoms with van der Waals surface area (Å²) < 4.78 is 6.63. The maximum Gasteiger partial charge on any atom is 0.357 e. The molecular weight excluding hydrogens is 322 g/mol. The van der Waals surface area contributed by atoms with E-state index < -0.39 is 11.9 Å². The smallest absolute Gasteiger partial charge is 0.357 e. The fraction of sp³-hybridized carbons (Fsp3) is 0.176. The zero-order valence-corrected chi connectivity index (χ0v) is 13.6. The topological polar surface area (TPSA) is 102 Å². The number of nitrogens with zero attached hydrogens (tertiary/aromatic N) is 3. The highest BCUT2D eigenvalue weighted by molar-refractivity contribution is 6.02. The Hall–Kier alpha value is -3.42. The predicted molar refractivity (Wildman–Crippen MR) is 89.3 cm³/mol. The van der Waals surface area contributed by atoms with Crippen LogP contribution in [0.2, 0.25) is 0 Å². The molecule has 3 rings (SSSR count). The van der Waals surface area contributed by atoms with Crippen LogP contribution in [0.5, 0.6) is 0 Å². The molecule has 0 aliphatic rings. The normalized spacial score (nSPS) is 10.4. The number of esters is 1. The molecule has 25 heavy (non-hydrogen) atoms. The van der Waals surface area contributed by atoms with Gasteiger partial charge in [0.1, 0.15) is 0 Å². The van der Waals surface area contributed by atoms with Gasteiger partial charge in [-0.05, 0) is 30.7 Å². The molecule has 0 unspecified atom stereocenters. The summed E-state index contributed by atoms with van der Waals surface area (Å²) >= 11 is 0. The molecule has 8 nitrogen and oxygen atoms in total. The highest BCUT2D eigenvalue weighted by atomic mass is 16.5. The minimum atomic E-state index is -0.606. The number of hydrogen-bond donors (Lipinski definition) is 2. The number of benzene rings is 1. The number of carbonyl (C=O) groups is 2. The molecule has 128 valence electrons. The largest absolute Gasteiger partial charge is 0.461 e. The van der Waals surface area contributed by atoms with E-state index in [4.69, 9.17) is 4.74 Å². The van der Waals surface area contributed by atoms with E-state index in [1.165, 1.54) is 6.33 Å². The Morgan fingerprint density at radius 1 is 1.32 bits per heavy atom. The van der Waals surface area contributed by atoms with Crippen molar-refractivity contribution < 1.29 is 14.3 Å². The van der Waals surface area contributed by atoms with Crippen LogP contribution in [-0.4, -0.2) is 38.2 Å². The standard InChI is InChI=1S/C17H17N5O3/c1-2-25-17(24)15-14(19-11-20-15)16(23)18-10-12-5-3-6-13(9-12)22-8-4-7-21-22/h3-9,11H,2,10H2,1H3,(H,18,23)(H,19,20). The van der Waals surface area contributed by atoms with Crippen LogP contribution in [0.3, 0.4) is 0 Å². The second-order valence-electron chi connectivity index (χ2n) is 5.15. The maximum atomic E-state index is 12.3. The second kappa shape index (κ2) is 7.43. The Kier molecular flexibility index (Phi) is 4.89. The average Bonchev–Trinajstić information content (AvgIpc) is 3.31. The molecular formula is C17H17N5O3. The number of H-pyrrole nitrogens is 1. The molecule has 8 heteroatoms. The van der Waals surface area contributed by atoms with Crippen LogP contribution in [0.1, 0.15) is 33.5 Å². The summed E-state index contributed by atoms with van der Waals surface area (Å²) in [5, 5.41) is 6.93. The van der Waals surface area contributed by atoms with Gasteiger partial charge in [0.05, 0.1) is 18.6 Å². The molecule has 2 N–H and O–H groups in total. The number of rotatable bonds is 6. The van der Waals surface area contributed by atoms with Crippen molar-refractivity contribution in [3.05, 3.63) is 66.0 Å². The van der Waals surface area contributed by atoms with Crippen LogP contribution in [0.25, 0.3) is 5.69 Å². The van der Waals surface area contributed by atoms with Crippen LogP contribution in [-0.2, 0) is 11.3 Å². The molecule has 0 saturated carbocycles. The van der Waals surface area contributed by atoms with Gasteiger partial charge < -0.3 is 15.0 Å². The van der Waals surface area contributed by atoms with E-state index in [0.29, 0.717) is 6.54 Å². The summed E-state index contributed by atoms with van der Waals surface area (Å²) in [6.07, 6.45) is 4.83. The van der Waals surface area contributed by atoms with Gasteiger partial charge in [-0.2, -0.15) is 5.10 Å². The van der Waals surface area contributed by atoms with Crippen molar-refractivity contribution in [3.63, 3.8) is 0 Å². The summed E-state index contributed by atoms with van der Waals surface area (Å²) in [5.74, 6) is -1.06. The lowest BCUT2D eigenvalue weighted by molar-refractivity contribution is 0.0516. The van der Waals surface area contributed by atoms with Crippen molar-refractivity contribution in [3.8, 4) is 5.69 Å². The van der Waals surface area contributed by atoms with Gasteiger partial charge in [0.15, 0.2) is 11.4 Å². The lowest BCUT2D eigenvalue weighted by Crippen LogP contribution is -2.25. The zero-order chi connectivity index (χ0) is 17.6. The molecule has 0 radical (unpaired) electrons. The minimum absolute atomic E-state index is 0.0154. The number of nitrogens with one attached hydrogen (secondary N) is 2. The van der Waals surface area contributed by atoms with Crippen molar-refractivity contribution in [2.24, 2.45) is 0 Å². The van der Waals surface area contributed by atoms with Gasteiger partial charge in [-0.1, -0.05) is 12.1 Å². The van der Waals surface area contributed by atoms with Crippen LogP contribution < -0.4 is 5.32 Å². The summed E-state index contributed by atoms with van der Waals surface area (Å²) in [6, 6.07) is 9.46. The van der Waals surface area contributed by atoms with Crippen LogP contribution >= 0.6 is 0 Å². The van der Waals surface area contributed by atoms with E-state index in [1.807, 2.05) is 36.5 Å². The molecule has 1 amide bonds. The van der Waals surface area contributed by atoms with E-state index in [-0.39, 0.29) is 18.0 Å². The highest BCUT2D eigenvalue weighted by Crippen LogP contribution is 2.10. The second-order valence-corrected chi connectivity index (χ2v) is 5.15. The van der Waals surface area contributed by atoms with Crippen molar-refractivity contribution in [1.29, 1.82) is 0 Å². The van der Waals surface area contributed by atoms with Gasteiger partial charge in [-0.25, -0.2) is 14.5 Å². The van der Waals surface area contributed by atoms with Crippen LogP contribution in [0, 0.1) is 0 Å². The first-order valence-corrected chi connectivity index (χ1v) is 7.76. The Balaban J connectivity index is 1.68. The lowest BCUT2D eigenvalue weighted by Gasteiger charge is -2.07. The molecule has 0 spiro atoms.